The van der Waals surface area contributed by atoms with Crippen LogP contribution in [0.5, 0.6) is 0 Å². The zero-order chi connectivity index (χ0) is 17.9. The molecule has 2 rings (SSSR count). The fourth-order valence-corrected chi connectivity index (χ4v) is 2.18. The van der Waals surface area contributed by atoms with E-state index in [1.165, 1.54) is 0 Å². The van der Waals surface area contributed by atoms with Crippen LogP contribution in [0, 0.1) is 6.92 Å². The molecule has 2 heterocycles. The molecular formula is C18H27IN6O. The number of hydrogen-bond acceptors (Lipinski definition) is 3. The topological polar surface area (TPSA) is 83.3 Å². The van der Waals surface area contributed by atoms with E-state index in [9.17, 15) is 4.79 Å². The van der Waals surface area contributed by atoms with Crippen LogP contribution < -0.4 is 16.0 Å². The first-order valence-electron chi connectivity index (χ1n) is 8.53. The van der Waals surface area contributed by atoms with Crippen LogP contribution in [-0.4, -0.2) is 41.1 Å². The van der Waals surface area contributed by atoms with E-state index >= 15 is 0 Å². The molecule has 0 atom stereocenters. The Balaban J connectivity index is 0.00000338. The van der Waals surface area contributed by atoms with Gasteiger partial charge in [-0.25, -0.2) is 4.98 Å². The Bertz CT molecular complexity index is 669. The molecule has 2 aromatic heterocycles. The van der Waals surface area contributed by atoms with Gasteiger partial charge in [0.15, 0.2) is 5.96 Å². The molecule has 1 amide bonds. The summed E-state index contributed by atoms with van der Waals surface area (Å²) >= 11 is 0. The normalized spacial score (nSPS) is 10.8. The zero-order valence-corrected chi connectivity index (χ0v) is 17.6. The van der Waals surface area contributed by atoms with E-state index in [1.54, 1.807) is 12.3 Å². The van der Waals surface area contributed by atoms with Crippen molar-refractivity contribution in [1.29, 1.82) is 0 Å². The van der Waals surface area contributed by atoms with Crippen LogP contribution in [0.1, 0.15) is 18.9 Å². The summed E-state index contributed by atoms with van der Waals surface area (Å²) in [6, 6.07) is 7.71. The molecule has 0 aliphatic rings. The molecule has 0 saturated carbocycles. The van der Waals surface area contributed by atoms with Crippen molar-refractivity contribution in [3.05, 3.63) is 48.4 Å². The summed E-state index contributed by atoms with van der Waals surface area (Å²) in [5.41, 5.74) is 1.06. The first-order chi connectivity index (χ1) is 12.2. The molecule has 7 nitrogen and oxygen atoms in total. The van der Waals surface area contributed by atoms with Crippen LogP contribution in [-0.2, 0) is 11.3 Å². The Hall–Kier alpha value is -2.10. The SMILES string of the molecule is CCNC(=NCCC(=O)Nc1ccc(C)cn1)NCCn1cccc1.I. The van der Waals surface area contributed by atoms with Gasteiger partial charge in [0.05, 0.1) is 6.54 Å². The van der Waals surface area contributed by atoms with Gasteiger partial charge in [0.25, 0.3) is 0 Å². The molecular weight excluding hydrogens is 443 g/mol. The number of aliphatic imine (C=N–C) groups is 1. The smallest absolute Gasteiger partial charge is 0.227 e. The Morgan fingerprint density at radius 1 is 1.23 bits per heavy atom. The Labute approximate surface area is 171 Å². The number of aromatic nitrogens is 2. The molecule has 0 radical (unpaired) electrons. The number of carbonyl (C=O) groups is 1. The molecule has 8 heteroatoms. The first-order valence-corrected chi connectivity index (χ1v) is 8.53. The number of aryl methyl sites for hydroxylation is 1. The van der Waals surface area contributed by atoms with Crippen molar-refractivity contribution in [1.82, 2.24) is 20.2 Å². The van der Waals surface area contributed by atoms with Crippen molar-refractivity contribution in [2.24, 2.45) is 4.99 Å². The van der Waals surface area contributed by atoms with Crippen LogP contribution in [0.3, 0.4) is 0 Å². The van der Waals surface area contributed by atoms with Crippen LogP contribution in [0.15, 0.2) is 47.8 Å². The van der Waals surface area contributed by atoms with E-state index in [4.69, 9.17) is 0 Å². The largest absolute Gasteiger partial charge is 0.357 e. The number of guanidine groups is 1. The maximum absolute atomic E-state index is 11.9. The van der Waals surface area contributed by atoms with Crippen molar-refractivity contribution >= 4 is 41.7 Å². The highest BCUT2D eigenvalue weighted by atomic mass is 127. The van der Waals surface area contributed by atoms with Gasteiger partial charge < -0.3 is 20.5 Å². The lowest BCUT2D eigenvalue weighted by Crippen LogP contribution is -2.39. The van der Waals surface area contributed by atoms with E-state index in [1.807, 2.05) is 44.4 Å². The second-order valence-electron chi connectivity index (χ2n) is 5.63. The molecule has 2 aromatic rings. The predicted octanol–water partition coefficient (Wildman–Crippen LogP) is 2.39. The number of pyridine rings is 1. The molecule has 3 N–H and O–H groups in total. The lowest BCUT2D eigenvalue weighted by molar-refractivity contribution is -0.116. The molecule has 26 heavy (non-hydrogen) atoms. The van der Waals surface area contributed by atoms with Crippen molar-refractivity contribution in [3.8, 4) is 0 Å². The minimum absolute atomic E-state index is 0. The number of nitrogens with zero attached hydrogens (tertiary/aromatic N) is 3. The highest BCUT2D eigenvalue weighted by Gasteiger charge is 2.03. The molecule has 0 aliphatic heterocycles. The maximum atomic E-state index is 11.9. The number of anilines is 1. The van der Waals surface area contributed by atoms with Gasteiger partial charge in [0, 0.05) is 44.6 Å². The number of hydrogen-bond donors (Lipinski definition) is 3. The van der Waals surface area contributed by atoms with Gasteiger partial charge in [0.2, 0.25) is 5.91 Å². The summed E-state index contributed by atoms with van der Waals surface area (Å²) in [6.07, 6.45) is 6.08. The highest BCUT2D eigenvalue weighted by molar-refractivity contribution is 14.0. The summed E-state index contributed by atoms with van der Waals surface area (Å²) in [5.74, 6) is 1.19. The lowest BCUT2D eigenvalue weighted by atomic mass is 10.3. The molecule has 0 aliphatic carbocycles. The summed E-state index contributed by atoms with van der Waals surface area (Å²) in [5, 5.41) is 9.21. The van der Waals surface area contributed by atoms with Gasteiger partial charge >= 0.3 is 0 Å². The highest BCUT2D eigenvalue weighted by Crippen LogP contribution is 2.04. The van der Waals surface area contributed by atoms with E-state index in [2.05, 4.69) is 30.5 Å². The van der Waals surface area contributed by atoms with E-state index in [-0.39, 0.29) is 29.9 Å². The van der Waals surface area contributed by atoms with Crippen molar-refractivity contribution in [3.63, 3.8) is 0 Å². The quantitative estimate of drug-likeness (QED) is 0.315. The van der Waals surface area contributed by atoms with Crippen LogP contribution in [0.25, 0.3) is 0 Å². The van der Waals surface area contributed by atoms with Gasteiger partial charge in [-0.05, 0) is 37.6 Å². The Morgan fingerprint density at radius 2 is 2.00 bits per heavy atom. The lowest BCUT2D eigenvalue weighted by Gasteiger charge is -2.11. The molecule has 142 valence electrons. The van der Waals surface area contributed by atoms with E-state index in [0.717, 1.165) is 31.2 Å². The van der Waals surface area contributed by atoms with E-state index in [0.29, 0.717) is 18.8 Å². The fourth-order valence-electron chi connectivity index (χ4n) is 2.18. The number of carbonyl (C=O) groups excluding carboxylic acids is 1. The third-order valence-electron chi connectivity index (χ3n) is 3.46. The fraction of sp³-hybridized carbons (Fsp3) is 0.389. The monoisotopic (exact) mass is 470 g/mol. The maximum Gasteiger partial charge on any atom is 0.227 e. The summed E-state index contributed by atoms with van der Waals surface area (Å²) < 4.78 is 2.10. The summed E-state index contributed by atoms with van der Waals surface area (Å²) in [4.78, 5) is 20.5. The molecule has 0 fully saturated rings. The second-order valence-corrected chi connectivity index (χ2v) is 5.63. The summed E-state index contributed by atoms with van der Waals surface area (Å²) in [6.45, 7) is 6.78. The molecule has 0 saturated heterocycles. The number of halogens is 1. The Kier molecular flexibility index (Phi) is 10.4. The van der Waals surface area contributed by atoms with Gasteiger partial charge in [-0.2, -0.15) is 0 Å². The average Bonchev–Trinajstić information content (AvgIpc) is 3.10. The van der Waals surface area contributed by atoms with Gasteiger partial charge in [0.1, 0.15) is 5.82 Å². The first kappa shape index (κ1) is 21.9. The van der Waals surface area contributed by atoms with Gasteiger partial charge in [-0.15, -0.1) is 24.0 Å². The molecule has 0 unspecified atom stereocenters. The van der Waals surface area contributed by atoms with Gasteiger partial charge in [-0.3, -0.25) is 9.79 Å². The second kappa shape index (κ2) is 12.3. The van der Waals surface area contributed by atoms with Crippen molar-refractivity contribution in [2.75, 3.05) is 25.0 Å². The Morgan fingerprint density at radius 3 is 2.65 bits per heavy atom. The van der Waals surface area contributed by atoms with Crippen LogP contribution in [0.4, 0.5) is 5.82 Å². The third kappa shape index (κ3) is 8.32. The minimum atomic E-state index is -0.0942. The van der Waals surface area contributed by atoms with Crippen molar-refractivity contribution in [2.45, 2.75) is 26.8 Å². The van der Waals surface area contributed by atoms with Crippen molar-refractivity contribution < 1.29 is 4.79 Å². The average molecular weight is 470 g/mol. The van der Waals surface area contributed by atoms with Crippen LogP contribution in [0.2, 0.25) is 0 Å². The van der Waals surface area contributed by atoms with Crippen LogP contribution >= 0.6 is 24.0 Å². The minimum Gasteiger partial charge on any atom is -0.357 e. The van der Waals surface area contributed by atoms with E-state index < -0.39 is 0 Å². The zero-order valence-electron chi connectivity index (χ0n) is 15.2. The number of nitrogens with one attached hydrogen (secondary N) is 3. The standard InChI is InChI=1S/C18H26N6O.HI/c1-3-19-18(21-10-13-24-11-4-5-12-24)20-9-8-17(25)23-16-7-6-15(2)14-22-16;/h4-7,11-12,14H,3,8-10,13H2,1-2H3,(H2,19,20,21)(H,22,23,25);1H. The third-order valence-corrected chi connectivity index (χ3v) is 3.46. The number of rotatable bonds is 8. The van der Waals surface area contributed by atoms with Gasteiger partial charge in [-0.1, -0.05) is 6.07 Å². The summed E-state index contributed by atoms with van der Waals surface area (Å²) in [7, 11) is 0. The number of amides is 1. The molecule has 0 bridgehead atoms. The predicted molar refractivity (Wildman–Crippen MR) is 116 cm³/mol. The molecule has 0 aromatic carbocycles. The molecule has 0 spiro atoms.